The highest BCUT2D eigenvalue weighted by Gasteiger charge is 2.26. The van der Waals surface area contributed by atoms with Crippen molar-refractivity contribution in [3.8, 4) is 0 Å². The molecule has 2 atom stereocenters. The molecule has 0 amide bonds. The third-order valence-electron chi connectivity index (χ3n) is 2.38. The average Bonchev–Trinajstić information content (AvgIpc) is 2.70. The van der Waals surface area contributed by atoms with Crippen LogP contribution in [0.3, 0.4) is 0 Å². The molecule has 1 saturated heterocycles. The van der Waals surface area contributed by atoms with Gasteiger partial charge in [-0.15, -0.1) is 0 Å². The molecule has 0 spiro atoms. The van der Waals surface area contributed by atoms with E-state index in [1.807, 2.05) is 0 Å². The Morgan fingerprint density at radius 3 is 2.93 bits per heavy atom. The minimum atomic E-state index is -0.443. The van der Waals surface area contributed by atoms with E-state index in [2.05, 4.69) is 10.6 Å². The fraction of sp³-hybridized carbons (Fsp3) is 0.400. The first-order chi connectivity index (χ1) is 7.20. The van der Waals surface area contributed by atoms with Gasteiger partial charge < -0.3 is 4.74 Å². The number of ether oxygens (including phenoxy) is 1. The fourth-order valence-electron chi connectivity index (χ4n) is 1.60. The zero-order valence-electron chi connectivity index (χ0n) is 8.26. The molecule has 1 aliphatic heterocycles. The molecule has 0 bridgehead atoms. The molecule has 1 aromatic rings. The highest BCUT2D eigenvalue weighted by Crippen LogP contribution is 2.22. The van der Waals surface area contributed by atoms with Crippen LogP contribution in [0, 0.1) is 11.6 Å². The van der Waals surface area contributed by atoms with Crippen LogP contribution in [0.15, 0.2) is 18.2 Å². The normalized spacial score (nSPS) is 25.8. The van der Waals surface area contributed by atoms with Crippen molar-refractivity contribution < 1.29 is 13.5 Å². The van der Waals surface area contributed by atoms with Gasteiger partial charge >= 0.3 is 0 Å². The Morgan fingerprint density at radius 1 is 1.47 bits per heavy atom. The third kappa shape index (κ3) is 2.14. The maximum Gasteiger partial charge on any atom is 0.163 e. The van der Waals surface area contributed by atoms with Crippen molar-refractivity contribution in [2.45, 2.75) is 12.4 Å². The monoisotopic (exact) mass is 214 g/mol. The number of hydrogen-bond acceptors (Lipinski definition) is 3. The van der Waals surface area contributed by atoms with Crippen molar-refractivity contribution in [1.29, 1.82) is 0 Å². The molecule has 15 heavy (non-hydrogen) atoms. The molecule has 3 nitrogen and oxygen atoms in total. The summed E-state index contributed by atoms with van der Waals surface area (Å²) in [6.07, 6.45) is -0.308. The van der Waals surface area contributed by atoms with Crippen LogP contribution >= 0.6 is 0 Å². The first kappa shape index (κ1) is 10.5. The summed E-state index contributed by atoms with van der Waals surface area (Å²) in [5.41, 5.74) is 0.299. The molecule has 1 aliphatic rings. The van der Waals surface area contributed by atoms with Crippen molar-refractivity contribution in [3.05, 3.63) is 35.4 Å². The van der Waals surface area contributed by atoms with E-state index in [1.54, 1.807) is 7.05 Å². The highest BCUT2D eigenvalue weighted by atomic mass is 19.1. The lowest BCUT2D eigenvalue weighted by molar-refractivity contribution is 0.0795. The summed E-state index contributed by atoms with van der Waals surface area (Å²) in [7, 11) is 1.72. The van der Waals surface area contributed by atoms with Crippen LogP contribution in [0.4, 0.5) is 8.78 Å². The van der Waals surface area contributed by atoms with Crippen LogP contribution in [0.25, 0.3) is 0 Å². The molecule has 1 aromatic carbocycles. The van der Waals surface area contributed by atoms with Crippen LogP contribution in [0.1, 0.15) is 11.6 Å². The van der Waals surface area contributed by atoms with E-state index in [9.17, 15) is 8.78 Å². The molecule has 82 valence electrons. The highest BCUT2D eigenvalue weighted by molar-refractivity contribution is 5.23. The predicted molar refractivity (Wildman–Crippen MR) is 51.0 cm³/mol. The average molecular weight is 214 g/mol. The molecule has 1 fully saturated rings. The van der Waals surface area contributed by atoms with Gasteiger partial charge in [0.1, 0.15) is 11.6 Å². The van der Waals surface area contributed by atoms with Crippen LogP contribution in [0.2, 0.25) is 0 Å². The van der Waals surface area contributed by atoms with E-state index in [-0.39, 0.29) is 12.4 Å². The Morgan fingerprint density at radius 2 is 2.27 bits per heavy atom. The summed E-state index contributed by atoms with van der Waals surface area (Å²) in [6.45, 7) is 0.325. The summed E-state index contributed by atoms with van der Waals surface area (Å²) in [5.74, 6) is -0.865. The Hall–Kier alpha value is -1.04. The van der Waals surface area contributed by atoms with E-state index in [0.29, 0.717) is 12.2 Å². The molecular weight excluding hydrogens is 202 g/mol. The molecule has 2 unspecified atom stereocenters. The van der Waals surface area contributed by atoms with Gasteiger partial charge in [0.25, 0.3) is 0 Å². The van der Waals surface area contributed by atoms with Gasteiger partial charge in [-0.05, 0) is 25.2 Å². The Labute approximate surface area is 86.4 Å². The van der Waals surface area contributed by atoms with Crippen LogP contribution < -0.4 is 10.6 Å². The quantitative estimate of drug-likeness (QED) is 0.774. The van der Waals surface area contributed by atoms with E-state index in [0.717, 1.165) is 12.1 Å². The second-order valence-corrected chi connectivity index (χ2v) is 3.39. The summed E-state index contributed by atoms with van der Waals surface area (Å²) >= 11 is 0. The van der Waals surface area contributed by atoms with E-state index < -0.39 is 11.6 Å². The van der Waals surface area contributed by atoms with Crippen LogP contribution in [-0.4, -0.2) is 20.0 Å². The molecule has 0 radical (unpaired) electrons. The second kappa shape index (κ2) is 4.22. The smallest absolute Gasteiger partial charge is 0.163 e. The second-order valence-electron chi connectivity index (χ2n) is 3.39. The maximum absolute atomic E-state index is 13.4. The van der Waals surface area contributed by atoms with E-state index >= 15 is 0 Å². The molecule has 2 rings (SSSR count). The zero-order valence-corrected chi connectivity index (χ0v) is 8.26. The largest absolute Gasteiger partial charge is 0.348 e. The van der Waals surface area contributed by atoms with Gasteiger partial charge in [0.2, 0.25) is 0 Å². The lowest BCUT2D eigenvalue weighted by Gasteiger charge is -2.12. The number of rotatable bonds is 2. The molecule has 1 heterocycles. The molecular formula is C10H12F2N2O. The molecule has 0 aliphatic carbocycles. The van der Waals surface area contributed by atoms with Crippen LogP contribution in [0.5, 0.6) is 0 Å². The van der Waals surface area contributed by atoms with Gasteiger partial charge in [0.05, 0.1) is 12.6 Å². The maximum atomic E-state index is 13.4. The topological polar surface area (TPSA) is 33.3 Å². The summed E-state index contributed by atoms with van der Waals surface area (Å²) in [6, 6.07) is 3.11. The minimum Gasteiger partial charge on any atom is -0.348 e. The first-order valence-electron chi connectivity index (χ1n) is 4.70. The summed E-state index contributed by atoms with van der Waals surface area (Å²) in [4.78, 5) is 0. The number of hydrogen-bond donors (Lipinski definition) is 2. The molecule has 0 saturated carbocycles. The van der Waals surface area contributed by atoms with Gasteiger partial charge in [-0.3, -0.25) is 10.6 Å². The van der Waals surface area contributed by atoms with E-state index in [1.165, 1.54) is 6.07 Å². The molecule has 0 aromatic heterocycles. The van der Waals surface area contributed by atoms with E-state index in [4.69, 9.17) is 4.74 Å². The first-order valence-corrected chi connectivity index (χ1v) is 4.70. The van der Waals surface area contributed by atoms with Gasteiger partial charge in [-0.25, -0.2) is 8.78 Å². The van der Waals surface area contributed by atoms with Crippen molar-refractivity contribution in [1.82, 2.24) is 10.6 Å². The molecule has 5 heteroatoms. The third-order valence-corrected chi connectivity index (χ3v) is 2.38. The van der Waals surface area contributed by atoms with Crippen molar-refractivity contribution in [3.63, 3.8) is 0 Å². The lowest BCUT2D eigenvalue weighted by Crippen LogP contribution is -2.36. The van der Waals surface area contributed by atoms with Crippen molar-refractivity contribution in [2.75, 3.05) is 13.7 Å². The van der Waals surface area contributed by atoms with Gasteiger partial charge in [-0.2, -0.15) is 0 Å². The fourth-order valence-corrected chi connectivity index (χ4v) is 1.60. The molecule has 2 N–H and O–H groups in total. The zero-order chi connectivity index (χ0) is 10.8. The minimum absolute atomic E-state index is 0.299. The Kier molecular flexibility index (Phi) is 2.95. The number of benzene rings is 1. The summed E-state index contributed by atoms with van der Waals surface area (Å²) in [5, 5.41) is 5.83. The SMILES string of the molecule is CNC1NC(c2cc(F)ccc2F)CO1. The van der Waals surface area contributed by atoms with Gasteiger partial charge in [0.15, 0.2) is 6.35 Å². The van der Waals surface area contributed by atoms with Crippen LogP contribution in [-0.2, 0) is 4.74 Å². The Balaban J connectivity index is 2.19. The Bertz CT molecular complexity index is 359. The number of nitrogens with one attached hydrogen (secondary N) is 2. The number of halogens is 2. The van der Waals surface area contributed by atoms with Crippen molar-refractivity contribution >= 4 is 0 Å². The summed E-state index contributed by atoms with van der Waals surface area (Å²) < 4.78 is 31.6. The van der Waals surface area contributed by atoms with Gasteiger partial charge in [0, 0.05) is 5.56 Å². The lowest BCUT2D eigenvalue weighted by atomic mass is 10.1. The van der Waals surface area contributed by atoms with Crippen molar-refractivity contribution in [2.24, 2.45) is 0 Å². The predicted octanol–water partition coefficient (Wildman–Crippen LogP) is 1.13. The standard InChI is InChI=1S/C10H12F2N2O/c1-13-10-14-9(5-15-10)7-4-6(11)2-3-8(7)12/h2-4,9-10,13-14H,5H2,1H3. The van der Waals surface area contributed by atoms with Gasteiger partial charge in [-0.1, -0.05) is 0 Å².